The van der Waals surface area contributed by atoms with Crippen LogP contribution in [0.25, 0.3) is 0 Å². The lowest BCUT2D eigenvalue weighted by molar-refractivity contribution is 0.0887. The molecular formula is C18H28N2O2. The normalized spacial score (nSPS) is 17.2. The number of benzene rings is 1. The molecule has 1 saturated heterocycles. The number of nitrogens with zero attached hydrogens (tertiary/aromatic N) is 1. The van der Waals surface area contributed by atoms with E-state index in [-0.39, 0.29) is 11.7 Å². The van der Waals surface area contributed by atoms with Crippen molar-refractivity contribution >= 4 is 5.78 Å². The largest absolute Gasteiger partial charge is 0.494 e. The number of hydrogen-bond donors (Lipinski definition) is 1. The monoisotopic (exact) mass is 304 g/mol. The van der Waals surface area contributed by atoms with Crippen LogP contribution in [-0.2, 0) is 0 Å². The van der Waals surface area contributed by atoms with Crippen LogP contribution in [-0.4, -0.2) is 50.0 Å². The second-order valence-corrected chi connectivity index (χ2v) is 6.04. The molecule has 0 aromatic heterocycles. The number of rotatable bonds is 8. The zero-order valence-electron chi connectivity index (χ0n) is 13.8. The Hall–Kier alpha value is -1.39. The maximum atomic E-state index is 12.5. The first-order valence-corrected chi connectivity index (χ1v) is 8.41. The van der Waals surface area contributed by atoms with Gasteiger partial charge in [0.25, 0.3) is 0 Å². The van der Waals surface area contributed by atoms with Crippen LogP contribution in [0.2, 0.25) is 0 Å². The fourth-order valence-electron chi connectivity index (χ4n) is 2.70. The molecule has 1 aromatic carbocycles. The SMILES string of the molecule is CCCCOc1ccc(C(=O)C(C)CN2CCNCC2)cc1. The first kappa shape index (κ1) is 17.0. The van der Waals surface area contributed by atoms with Crippen molar-refractivity contribution in [2.75, 3.05) is 39.3 Å². The van der Waals surface area contributed by atoms with Crippen molar-refractivity contribution in [1.29, 1.82) is 0 Å². The predicted molar refractivity (Wildman–Crippen MR) is 89.6 cm³/mol. The van der Waals surface area contributed by atoms with Crippen LogP contribution in [0.3, 0.4) is 0 Å². The molecule has 1 heterocycles. The average Bonchev–Trinajstić information content (AvgIpc) is 2.56. The van der Waals surface area contributed by atoms with Gasteiger partial charge in [0.05, 0.1) is 6.61 Å². The molecule has 0 radical (unpaired) electrons. The topological polar surface area (TPSA) is 41.6 Å². The molecule has 1 N–H and O–H groups in total. The van der Waals surface area contributed by atoms with Gasteiger partial charge in [0.2, 0.25) is 0 Å². The number of piperazine rings is 1. The summed E-state index contributed by atoms with van der Waals surface area (Å²) in [7, 11) is 0. The highest BCUT2D eigenvalue weighted by Crippen LogP contribution is 2.16. The third kappa shape index (κ3) is 5.11. The summed E-state index contributed by atoms with van der Waals surface area (Å²) in [6.07, 6.45) is 2.18. The lowest BCUT2D eigenvalue weighted by atomic mass is 9.98. The zero-order valence-corrected chi connectivity index (χ0v) is 13.8. The number of ether oxygens (including phenoxy) is 1. The Morgan fingerprint density at radius 2 is 1.95 bits per heavy atom. The molecule has 4 nitrogen and oxygen atoms in total. The maximum absolute atomic E-state index is 12.5. The highest BCUT2D eigenvalue weighted by Gasteiger charge is 2.19. The molecular weight excluding hydrogens is 276 g/mol. The molecule has 1 aromatic rings. The van der Waals surface area contributed by atoms with E-state index in [0.717, 1.165) is 63.5 Å². The summed E-state index contributed by atoms with van der Waals surface area (Å²) in [6, 6.07) is 7.58. The van der Waals surface area contributed by atoms with E-state index in [2.05, 4.69) is 17.1 Å². The van der Waals surface area contributed by atoms with Gasteiger partial charge in [0.1, 0.15) is 5.75 Å². The Morgan fingerprint density at radius 1 is 1.27 bits per heavy atom. The number of hydrogen-bond acceptors (Lipinski definition) is 4. The van der Waals surface area contributed by atoms with Crippen LogP contribution in [0.15, 0.2) is 24.3 Å². The van der Waals surface area contributed by atoms with Crippen molar-refractivity contribution in [2.24, 2.45) is 5.92 Å². The molecule has 1 unspecified atom stereocenters. The molecule has 0 spiro atoms. The molecule has 1 aliphatic rings. The van der Waals surface area contributed by atoms with Gasteiger partial charge in [-0.05, 0) is 30.7 Å². The van der Waals surface area contributed by atoms with Crippen molar-refractivity contribution in [1.82, 2.24) is 10.2 Å². The van der Waals surface area contributed by atoms with Crippen LogP contribution in [0.4, 0.5) is 0 Å². The fraction of sp³-hybridized carbons (Fsp3) is 0.611. The summed E-state index contributed by atoms with van der Waals surface area (Å²) in [5.74, 6) is 1.10. The van der Waals surface area contributed by atoms with Gasteiger partial charge in [-0.15, -0.1) is 0 Å². The van der Waals surface area contributed by atoms with Gasteiger partial charge in [-0.2, -0.15) is 0 Å². The first-order valence-electron chi connectivity index (χ1n) is 8.41. The third-order valence-electron chi connectivity index (χ3n) is 4.09. The Kier molecular flexibility index (Phi) is 6.87. The minimum atomic E-state index is 0.0324. The summed E-state index contributed by atoms with van der Waals surface area (Å²) in [6.45, 7) is 9.85. The fourth-order valence-corrected chi connectivity index (χ4v) is 2.70. The molecule has 1 fully saturated rings. The van der Waals surface area contributed by atoms with E-state index in [0.29, 0.717) is 0 Å². The number of ketones is 1. The van der Waals surface area contributed by atoms with E-state index in [9.17, 15) is 4.79 Å². The van der Waals surface area contributed by atoms with Gasteiger partial charge in [0.15, 0.2) is 5.78 Å². The second kappa shape index (κ2) is 8.91. The van der Waals surface area contributed by atoms with E-state index in [4.69, 9.17) is 4.74 Å². The average molecular weight is 304 g/mol. The van der Waals surface area contributed by atoms with Gasteiger partial charge < -0.3 is 15.0 Å². The van der Waals surface area contributed by atoms with E-state index < -0.39 is 0 Å². The quantitative estimate of drug-likeness (QED) is 0.592. The maximum Gasteiger partial charge on any atom is 0.166 e. The Balaban J connectivity index is 1.85. The van der Waals surface area contributed by atoms with Gasteiger partial charge in [0, 0.05) is 44.2 Å². The molecule has 1 aliphatic heterocycles. The van der Waals surface area contributed by atoms with E-state index in [1.165, 1.54) is 0 Å². The number of nitrogens with one attached hydrogen (secondary N) is 1. The number of unbranched alkanes of at least 4 members (excludes halogenated alkanes) is 1. The molecule has 0 saturated carbocycles. The second-order valence-electron chi connectivity index (χ2n) is 6.04. The van der Waals surface area contributed by atoms with E-state index >= 15 is 0 Å². The Morgan fingerprint density at radius 3 is 2.59 bits per heavy atom. The Bertz CT molecular complexity index is 453. The van der Waals surface area contributed by atoms with Gasteiger partial charge in [-0.3, -0.25) is 4.79 Å². The summed E-state index contributed by atoms with van der Waals surface area (Å²) < 4.78 is 5.64. The summed E-state index contributed by atoms with van der Waals surface area (Å²) in [5, 5.41) is 3.34. The highest BCUT2D eigenvalue weighted by molar-refractivity contribution is 5.97. The summed E-state index contributed by atoms with van der Waals surface area (Å²) in [5.41, 5.74) is 0.783. The van der Waals surface area contributed by atoms with Crippen molar-refractivity contribution in [3.05, 3.63) is 29.8 Å². The van der Waals surface area contributed by atoms with E-state index in [1.807, 2.05) is 31.2 Å². The highest BCUT2D eigenvalue weighted by atomic mass is 16.5. The lowest BCUT2D eigenvalue weighted by Crippen LogP contribution is -2.45. The van der Waals surface area contributed by atoms with Crippen LogP contribution in [0.1, 0.15) is 37.0 Å². The lowest BCUT2D eigenvalue weighted by Gasteiger charge is -2.29. The molecule has 0 aliphatic carbocycles. The minimum absolute atomic E-state index is 0.0324. The number of carbonyl (C=O) groups is 1. The van der Waals surface area contributed by atoms with Crippen LogP contribution in [0.5, 0.6) is 5.75 Å². The van der Waals surface area contributed by atoms with Crippen molar-refractivity contribution < 1.29 is 9.53 Å². The van der Waals surface area contributed by atoms with Gasteiger partial charge in [-0.25, -0.2) is 0 Å². The Labute approximate surface area is 133 Å². The van der Waals surface area contributed by atoms with Crippen molar-refractivity contribution in [3.8, 4) is 5.75 Å². The smallest absolute Gasteiger partial charge is 0.166 e. The standard InChI is InChI=1S/C18H28N2O2/c1-3-4-13-22-17-7-5-16(6-8-17)18(21)15(2)14-20-11-9-19-10-12-20/h5-8,15,19H,3-4,9-14H2,1-2H3. The van der Waals surface area contributed by atoms with Crippen LogP contribution >= 0.6 is 0 Å². The van der Waals surface area contributed by atoms with Crippen LogP contribution < -0.4 is 10.1 Å². The third-order valence-corrected chi connectivity index (χ3v) is 4.09. The molecule has 4 heteroatoms. The zero-order chi connectivity index (χ0) is 15.8. The van der Waals surface area contributed by atoms with Crippen molar-refractivity contribution in [3.63, 3.8) is 0 Å². The van der Waals surface area contributed by atoms with Gasteiger partial charge in [-0.1, -0.05) is 20.3 Å². The number of Topliss-reactive ketones (excluding diaryl/α,β-unsaturated/α-hetero) is 1. The minimum Gasteiger partial charge on any atom is -0.494 e. The summed E-state index contributed by atoms with van der Waals surface area (Å²) >= 11 is 0. The molecule has 1 atom stereocenters. The van der Waals surface area contributed by atoms with Crippen LogP contribution in [0, 0.1) is 5.92 Å². The molecule has 22 heavy (non-hydrogen) atoms. The molecule has 0 bridgehead atoms. The molecule has 122 valence electrons. The van der Waals surface area contributed by atoms with Crippen molar-refractivity contribution in [2.45, 2.75) is 26.7 Å². The number of carbonyl (C=O) groups excluding carboxylic acids is 1. The summed E-state index contributed by atoms with van der Waals surface area (Å²) in [4.78, 5) is 14.9. The molecule has 0 amide bonds. The van der Waals surface area contributed by atoms with E-state index in [1.54, 1.807) is 0 Å². The predicted octanol–water partition coefficient (Wildman–Crippen LogP) is 2.59. The molecule has 2 rings (SSSR count). The first-order chi connectivity index (χ1) is 10.7. The van der Waals surface area contributed by atoms with Gasteiger partial charge >= 0.3 is 0 Å².